The van der Waals surface area contributed by atoms with Gasteiger partial charge in [-0.05, 0) is 0 Å². The number of carbonyl (C=O) groups excluding carboxylic acids is 1. The van der Waals surface area contributed by atoms with Gasteiger partial charge < -0.3 is 9.64 Å². The molecule has 0 aliphatic carbocycles. The molecule has 4 nitrogen and oxygen atoms in total. The Kier molecular flexibility index (Phi) is 2.95. The highest BCUT2D eigenvalue weighted by Crippen LogP contribution is 1.80. The lowest BCUT2D eigenvalue weighted by Crippen LogP contribution is -2.25. The molecule has 0 saturated heterocycles. The number of amides is 1. The van der Waals surface area contributed by atoms with Crippen molar-refractivity contribution in [3.8, 4) is 0 Å². The van der Waals surface area contributed by atoms with Gasteiger partial charge in [-0.1, -0.05) is 0 Å². The summed E-state index contributed by atoms with van der Waals surface area (Å²) in [6.45, 7) is -0.0585. The fourth-order valence-corrected chi connectivity index (χ4v) is 0.200. The Bertz CT molecular complexity index is 82.1. The monoisotopic (exact) mass is 118 g/mol. The van der Waals surface area contributed by atoms with Crippen molar-refractivity contribution in [1.29, 1.82) is 0 Å². The number of ether oxygens (including phenoxy) is 1. The molecule has 0 rings (SSSR count). The van der Waals surface area contributed by atoms with E-state index in [9.17, 15) is 4.79 Å². The maximum atomic E-state index is 10.4. The maximum absolute atomic E-state index is 10.4. The Morgan fingerprint density at radius 1 is 1.75 bits per heavy atom. The Labute approximate surface area is 48.2 Å². The summed E-state index contributed by atoms with van der Waals surface area (Å²) in [5.74, 6) is 0. The second-order valence-electron chi connectivity index (χ2n) is 1.47. The highest BCUT2D eigenvalue weighted by molar-refractivity contribution is 5.66. The first-order valence-electron chi connectivity index (χ1n) is 2.22. The third-order valence-corrected chi connectivity index (χ3v) is 0.572. The largest absolute Gasteiger partial charge is 0.434 e. The van der Waals surface area contributed by atoms with E-state index in [1.165, 1.54) is 4.90 Å². The zero-order valence-electron chi connectivity index (χ0n) is 5.05. The van der Waals surface area contributed by atoms with Crippen LogP contribution in [0.2, 0.25) is 0 Å². The molecule has 2 N–H and O–H groups in total. The third kappa shape index (κ3) is 2.41. The molecular formula is C4H10N2O2. The molecule has 0 radical (unpaired) electrons. The van der Waals surface area contributed by atoms with Crippen molar-refractivity contribution < 1.29 is 9.53 Å². The molecule has 0 spiro atoms. The van der Waals surface area contributed by atoms with Crippen LogP contribution in [0.15, 0.2) is 0 Å². The maximum Gasteiger partial charge on any atom is 0.410 e. The van der Waals surface area contributed by atoms with Gasteiger partial charge in [-0.3, -0.25) is 5.73 Å². The molecule has 0 bridgehead atoms. The molecule has 0 saturated carbocycles. The van der Waals surface area contributed by atoms with Crippen LogP contribution >= 0.6 is 0 Å². The lowest BCUT2D eigenvalue weighted by Gasteiger charge is -2.07. The fraction of sp³-hybridized carbons (Fsp3) is 0.750. The van der Waals surface area contributed by atoms with E-state index in [0.717, 1.165) is 0 Å². The molecule has 0 heterocycles. The zero-order chi connectivity index (χ0) is 6.57. The van der Waals surface area contributed by atoms with Crippen molar-refractivity contribution >= 4 is 6.09 Å². The van der Waals surface area contributed by atoms with E-state index >= 15 is 0 Å². The molecule has 48 valence electrons. The normalized spacial score (nSPS) is 8.38. The number of rotatable bonds is 1. The summed E-state index contributed by atoms with van der Waals surface area (Å²) in [4.78, 5) is 11.7. The van der Waals surface area contributed by atoms with Gasteiger partial charge in [0.15, 0.2) is 0 Å². The van der Waals surface area contributed by atoms with Crippen LogP contribution in [0.4, 0.5) is 4.79 Å². The molecule has 0 fully saturated rings. The van der Waals surface area contributed by atoms with E-state index in [4.69, 9.17) is 5.73 Å². The third-order valence-electron chi connectivity index (χ3n) is 0.572. The number of hydrogen-bond acceptors (Lipinski definition) is 3. The summed E-state index contributed by atoms with van der Waals surface area (Å²) in [6, 6.07) is 0. The molecule has 8 heavy (non-hydrogen) atoms. The first kappa shape index (κ1) is 7.23. The van der Waals surface area contributed by atoms with E-state index in [1.54, 1.807) is 14.1 Å². The number of carbonyl (C=O) groups is 1. The summed E-state index contributed by atoms with van der Waals surface area (Å²) in [7, 11) is 3.19. The van der Waals surface area contributed by atoms with E-state index in [-0.39, 0.29) is 6.73 Å². The zero-order valence-corrected chi connectivity index (χ0v) is 5.05. The van der Waals surface area contributed by atoms with Gasteiger partial charge in [0.1, 0.15) is 6.73 Å². The molecule has 0 aliphatic rings. The van der Waals surface area contributed by atoms with Crippen molar-refractivity contribution in [3.63, 3.8) is 0 Å². The number of nitrogens with two attached hydrogens (primary N) is 1. The lowest BCUT2D eigenvalue weighted by atomic mass is 10.9. The summed E-state index contributed by atoms with van der Waals surface area (Å²) in [6.07, 6.45) is -0.410. The van der Waals surface area contributed by atoms with Crippen LogP contribution in [0.25, 0.3) is 0 Å². The standard InChI is InChI=1S/C4H10N2O2/c1-6(2)4(7)8-3-5/h3,5H2,1-2H3. The summed E-state index contributed by atoms with van der Waals surface area (Å²) in [5, 5.41) is 0. The van der Waals surface area contributed by atoms with Crippen LogP contribution in [0.3, 0.4) is 0 Å². The molecule has 0 aromatic heterocycles. The predicted molar refractivity (Wildman–Crippen MR) is 29.2 cm³/mol. The minimum atomic E-state index is -0.410. The van der Waals surface area contributed by atoms with Crippen molar-refractivity contribution in [2.45, 2.75) is 0 Å². The Morgan fingerprint density at radius 2 is 2.25 bits per heavy atom. The van der Waals surface area contributed by atoms with Crippen molar-refractivity contribution in [3.05, 3.63) is 0 Å². The Hall–Kier alpha value is -0.770. The van der Waals surface area contributed by atoms with E-state index in [0.29, 0.717) is 0 Å². The highest BCUT2D eigenvalue weighted by Gasteiger charge is 1.99. The quantitative estimate of drug-likeness (QED) is 0.477. The summed E-state index contributed by atoms with van der Waals surface area (Å²) >= 11 is 0. The molecule has 4 heteroatoms. The molecule has 1 amide bonds. The second-order valence-corrected chi connectivity index (χ2v) is 1.47. The van der Waals surface area contributed by atoms with E-state index < -0.39 is 6.09 Å². The summed E-state index contributed by atoms with van der Waals surface area (Å²) < 4.78 is 4.37. The minimum Gasteiger partial charge on any atom is -0.434 e. The van der Waals surface area contributed by atoms with E-state index in [1.807, 2.05) is 0 Å². The van der Waals surface area contributed by atoms with Crippen LogP contribution in [0.1, 0.15) is 0 Å². The highest BCUT2D eigenvalue weighted by atomic mass is 16.6. The van der Waals surface area contributed by atoms with Crippen LogP contribution in [-0.2, 0) is 4.74 Å². The average molecular weight is 118 g/mol. The first-order chi connectivity index (χ1) is 3.68. The minimum absolute atomic E-state index is 0.0585. The van der Waals surface area contributed by atoms with Crippen LogP contribution in [-0.4, -0.2) is 31.8 Å². The van der Waals surface area contributed by atoms with Gasteiger partial charge in [0, 0.05) is 14.1 Å². The topological polar surface area (TPSA) is 55.6 Å². The van der Waals surface area contributed by atoms with Gasteiger partial charge in [0.25, 0.3) is 0 Å². The van der Waals surface area contributed by atoms with Crippen molar-refractivity contribution in [2.24, 2.45) is 5.73 Å². The number of hydrogen-bond donors (Lipinski definition) is 1. The first-order valence-corrected chi connectivity index (χ1v) is 2.22. The van der Waals surface area contributed by atoms with Crippen LogP contribution < -0.4 is 5.73 Å². The SMILES string of the molecule is CN(C)C(=O)OCN. The van der Waals surface area contributed by atoms with E-state index in [2.05, 4.69) is 4.74 Å². The Morgan fingerprint density at radius 3 is 2.38 bits per heavy atom. The average Bonchev–Trinajstić information content (AvgIpc) is 1.67. The predicted octanol–water partition coefficient (Wildman–Crippen LogP) is -0.399. The van der Waals surface area contributed by atoms with Gasteiger partial charge in [0.2, 0.25) is 0 Å². The Balaban J connectivity index is 3.33. The molecular weight excluding hydrogens is 108 g/mol. The van der Waals surface area contributed by atoms with Crippen LogP contribution in [0.5, 0.6) is 0 Å². The van der Waals surface area contributed by atoms with Gasteiger partial charge in [-0.25, -0.2) is 4.79 Å². The summed E-state index contributed by atoms with van der Waals surface area (Å²) in [5.41, 5.74) is 4.90. The van der Waals surface area contributed by atoms with Crippen LogP contribution in [0, 0.1) is 0 Å². The van der Waals surface area contributed by atoms with Gasteiger partial charge in [-0.15, -0.1) is 0 Å². The van der Waals surface area contributed by atoms with Gasteiger partial charge in [0.05, 0.1) is 0 Å². The van der Waals surface area contributed by atoms with Crippen molar-refractivity contribution in [2.75, 3.05) is 20.8 Å². The lowest BCUT2D eigenvalue weighted by molar-refractivity contribution is 0.121. The smallest absolute Gasteiger partial charge is 0.410 e. The van der Waals surface area contributed by atoms with Crippen molar-refractivity contribution in [1.82, 2.24) is 4.90 Å². The van der Waals surface area contributed by atoms with Gasteiger partial charge >= 0.3 is 6.09 Å². The molecule has 0 aromatic rings. The molecule has 0 aromatic carbocycles. The molecule has 0 aliphatic heterocycles. The molecule has 0 atom stereocenters. The fourth-order valence-electron chi connectivity index (χ4n) is 0.200. The van der Waals surface area contributed by atoms with Gasteiger partial charge in [-0.2, -0.15) is 0 Å². The number of nitrogens with zero attached hydrogens (tertiary/aromatic N) is 1. The second kappa shape index (κ2) is 3.26. The molecule has 0 unspecified atom stereocenters.